The van der Waals surface area contributed by atoms with E-state index < -0.39 is 12.0 Å². The van der Waals surface area contributed by atoms with Gasteiger partial charge in [0.25, 0.3) is 0 Å². The van der Waals surface area contributed by atoms with Crippen LogP contribution in [0.4, 0.5) is 4.39 Å². The lowest BCUT2D eigenvalue weighted by Gasteiger charge is -2.43. The maximum absolute atomic E-state index is 15.0. The Hall–Kier alpha value is -2.48. The number of benzene rings is 2. The Labute approximate surface area is 230 Å². The van der Waals surface area contributed by atoms with Gasteiger partial charge in [0.05, 0.1) is 5.92 Å². The first-order valence-electron chi connectivity index (χ1n) is 13.4. The molecule has 2 aromatic carbocycles. The summed E-state index contributed by atoms with van der Waals surface area (Å²) in [5, 5.41) is 10.4. The van der Waals surface area contributed by atoms with E-state index in [2.05, 4.69) is 25.7 Å². The van der Waals surface area contributed by atoms with Crippen molar-refractivity contribution in [3.8, 4) is 0 Å². The number of amides is 1. The van der Waals surface area contributed by atoms with E-state index in [1.807, 2.05) is 47.9 Å². The maximum Gasteiger partial charge on any atom is 0.321 e. The Morgan fingerprint density at radius 2 is 1.76 bits per heavy atom. The van der Waals surface area contributed by atoms with Gasteiger partial charge in [-0.05, 0) is 64.3 Å². The number of carboxylic acid groups (broad SMARTS) is 1. The highest BCUT2D eigenvalue weighted by atomic mass is 35.5. The third-order valence-corrected chi connectivity index (χ3v) is 8.40. The molecule has 4 rings (SSSR count). The monoisotopic (exact) mass is 543 g/mol. The van der Waals surface area contributed by atoms with Gasteiger partial charge in [-0.25, -0.2) is 4.39 Å². The van der Waals surface area contributed by atoms with Crippen molar-refractivity contribution < 1.29 is 19.1 Å². The van der Waals surface area contributed by atoms with E-state index in [0.29, 0.717) is 49.7 Å². The molecular weight excluding hydrogens is 505 g/mol. The molecule has 0 saturated carbocycles. The van der Waals surface area contributed by atoms with Crippen molar-refractivity contribution >= 4 is 23.5 Å². The summed E-state index contributed by atoms with van der Waals surface area (Å²) >= 11 is 6.01. The van der Waals surface area contributed by atoms with Gasteiger partial charge in [-0.2, -0.15) is 0 Å². The van der Waals surface area contributed by atoms with Crippen LogP contribution in [0, 0.1) is 18.7 Å². The number of nitrogens with zero attached hydrogens (tertiary/aromatic N) is 3. The highest BCUT2D eigenvalue weighted by Gasteiger charge is 2.46. The molecule has 2 fully saturated rings. The van der Waals surface area contributed by atoms with E-state index in [4.69, 9.17) is 11.6 Å². The Bertz CT molecular complexity index is 1170. The third kappa shape index (κ3) is 6.22. The van der Waals surface area contributed by atoms with Crippen LogP contribution in [0.1, 0.15) is 50.3 Å². The van der Waals surface area contributed by atoms with Gasteiger partial charge in [0, 0.05) is 55.2 Å². The highest BCUT2D eigenvalue weighted by molar-refractivity contribution is 6.30. The molecule has 2 aliphatic heterocycles. The van der Waals surface area contributed by atoms with Crippen LogP contribution in [-0.4, -0.2) is 82.0 Å². The summed E-state index contributed by atoms with van der Waals surface area (Å²) in [7, 11) is 0. The largest absolute Gasteiger partial charge is 0.480 e. The second-order valence-electron chi connectivity index (χ2n) is 11.9. The highest BCUT2D eigenvalue weighted by Crippen LogP contribution is 2.39. The number of likely N-dealkylation sites (tertiary alicyclic amines) is 1. The molecule has 0 radical (unpaired) electrons. The van der Waals surface area contributed by atoms with Gasteiger partial charge < -0.3 is 10.0 Å². The maximum atomic E-state index is 15.0. The molecule has 0 unspecified atom stereocenters. The molecule has 0 spiro atoms. The fourth-order valence-corrected chi connectivity index (χ4v) is 6.01. The van der Waals surface area contributed by atoms with Gasteiger partial charge in [0.2, 0.25) is 5.91 Å². The fourth-order valence-electron chi connectivity index (χ4n) is 5.85. The first-order valence-corrected chi connectivity index (χ1v) is 13.8. The molecule has 2 heterocycles. The minimum absolute atomic E-state index is 0.00802. The molecule has 0 bridgehead atoms. The van der Waals surface area contributed by atoms with Gasteiger partial charge >= 0.3 is 5.97 Å². The number of hydrogen-bond acceptors (Lipinski definition) is 4. The Morgan fingerprint density at radius 3 is 2.34 bits per heavy atom. The molecule has 1 amide bonds. The number of halogens is 2. The Morgan fingerprint density at radius 1 is 1.08 bits per heavy atom. The van der Waals surface area contributed by atoms with Crippen LogP contribution in [0.5, 0.6) is 0 Å². The summed E-state index contributed by atoms with van der Waals surface area (Å²) in [6.07, 6.45) is 0.414. The Balaban J connectivity index is 1.51. The predicted molar refractivity (Wildman–Crippen MR) is 148 cm³/mol. The van der Waals surface area contributed by atoms with Crippen LogP contribution >= 0.6 is 11.6 Å². The molecule has 2 aliphatic rings. The smallest absolute Gasteiger partial charge is 0.321 e. The number of carbonyl (C=O) groups is 2. The lowest BCUT2D eigenvalue weighted by atomic mass is 9.87. The van der Waals surface area contributed by atoms with Crippen molar-refractivity contribution in [3.63, 3.8) is 0 Å². The Kier molecular flexibility index (Phi) is 8.50. The summed E-state index contributed by atoms with van der Waals surface area (Å²) in [6, 6.07) is 11.8. The number of rotatable bonds is 6. The van der Waals surface area contributed by atoms with Crippen molar-refractivity contribution in [2.45, 2.75) is 64.6 Å². The number of aliphatic carboxylic acids is 1. The van der Waals surface area contributed by atoms with E-state index in [9.17, 15) is 14.7 Å². The van der Waals surface area contributed by atoms with E-state index in [0.717, 1.165) is 11.1 Å². The van der Waals surface area contributed by atoms with Gasteiger partial charge in [0.15, 0.2) is 0 Å². The second-order valence-corrected chi connectivity index (χ2v) is 12.3. The van der Waals surface area contributed by atoms with E-state index >= 15 is 4.39 Å². The van der Waals surface area contributed by atoms with E-state index in [-0.39, 0.29) is 35.1 Å². The van der Waals surface area contributed by atoms with Crippen LogP contribution in [0.3, 0.4) is 0 Å². The van der Waals surface area contributed by atoms with Gasteiger partial charge in [-0.3, -0.25) is 19.4 Å². The number of carboxylic acids is 1. The molecule has 38 heavy (non-hydrogen) atoms. The summed E-state index contributed by atoms with van der Waals surface area (Å²) < 4.78 is 15.0. The van der Waals surface area contributed by atoms with Gasteiger partial charge in [0.1, 0.15) is 11.9 Å². The molecular formula is C30H39ClFN3O3. The molecule has 2 aromatic rings. The molecule has 2 saturated heterocycles. The topological polar surface area (TPSA) is 64.1 Å². The molecule has 0 aliphatic carbocycles. The molecule has 8 heteroatoms. The van der Waals surface area contributed by atoms with Crippen molar-refractivity contribution in [2.24, 2.45) is 5.92 Å². The number of carbonyl (C=O) groups excluding carboxylic acids is 1. The van der Waals surface area contributed by atoms with Crippen molar-refractivity contribution in [1.29, 1.82) is 0 Å². The summed E-state index contributed by atoms with van der Waals surface area (Å²) in [5.41, 5.74) is 2.48. The van der Waals surface area contributed by atoms with Crippen LogP contribution in [0.2, 0.25) is 5.02 Å². The summed E-state index contributed by atoms with van der Waals surface area (Å²) in [6.45, 7) is 12.8. The SMILES string of the molecule is Cc1ccc(C[C@@H](C(=O)O)N2CCN(C(=O)[C@@H]3CN(C(C)(C)C)C[C@H]3c3ccc(Cl)cc3F)[C@@H](C)C2)cc1. The minimum atomic E-state index is -0.854. The second kappa shape index (κ2) is 11.3. The predicted octanol–water partition coefficient (Wildman–Crippen LogP) is 4.83. The average molecular weight is 544 g/mol. The van der Waals surface area contributed by atoms with Gasteiger partial charge in [-0.1, -0.05) is 47.5 Å². The first kappa shape index (κ1) is 28.5. The number of piperazine rings is 1. The van der Waals surface area contributed by atoms with Crippen LogP contribution in [0.15, 0.2) is 42.5 Å². The minimum Gasteiger partial charge on any atom is -0.480 e. The standard InChI is InChI=1S/C30H39ClFN3O3/c1-19-6-8-21(9-7-19)14-27(29(37)38)33-12-13-35(20(2)16-33)28(36)25-18-34(30(3,4)5)17-24(25)23-11-10-22(31)15-26(23)32/h6-11,15,20,24-25,27H,12-14,16-18H2,1-5H3,(H,37,38)/t20-,24-,25+,27-/m0/s1. The molecule has 1 N–H and O–H groups in total. The zero-order chi connectivity index (χ0) is 27.8. The number of hydrogen-bond donors (Lipinski definition) is 1. The van der Waals surface area contributed by atoms with Crippen molar-refractivity contribution in [3.05, 3.63) is 70.0 Å². The van der Waals surface area contributed by atoms with Crippen LogP contribution in [-0.2, 0) is 16.0 Å². The quantitative estimate of drug-likeness (QED) is 0.565. The van der Waals surface area contributed by atoms with Crippen molar-refractivity contribution in [2.75, 3.05) is 32.7 Å². The zero-order valence-electron chi connectivity index (χ0n) is 23.0. The van der Waals surface area contributed by atoms with Gasteiger partial charge in [-0.15, -0.1) is 0 Å². The lowest BCUT2D eigenvalue weighted by molar-refractivity contribution is -0.147. The summed E-state index contributed by atoms with van der Waals surface area (Å²) in [5.74, 6) is -1.89. The normalized spacial score (nSPS) is 24.0. The average Bonchev–Trinajstić information content (AvgIpc) is 3.29. The molecule has 6 nitrogen and oxygen atoms in total. The van der Waals surface area contributed by atoms with Crippen molar-refractivity contribution in [1.82, 2.24) is 14.7 Å². The van der Waals surface area contributed by atoms with E-state index in [1.54, 1.807) is 12.1 Å². The summed E-state index contributed by atoms with van der Waals surface area (Å²) in [4.78, 5) is 32.3. The molecule has 206 valence electrons. The van der Waals surface area contributed by atoms with Crippen LogP contribution < -0.4 is 0 Å². The fraction of sp³-hybridized carbons (Fsp3) is 0.533. The van der Waals surface area contributed by atoms with Crippen LogP contribution in [0.25, 0.3) is 0 Å². The third-order valence-electron chi connectivity index (χ3n) is 8.17. The van der Waals surface area contributed by atoms with E-state index in [1.165, 1.54) is 6.07 Å². The zero-order valence-corrected chi connectivity index (χ0v) is 23.7. The first-order chi connectivity index (χ1) is 17.8. The molecule has 4 atom stereocenters. The lowest BCUT2D eigenvalue weighted by Crippen LogP contribution is -2.59. The number of aryl methyl sites for hydroxylation is 1. The molecule has 0 aromatic heterocycles.